The summed E-state index contributed by atoms with van der Waals surface area (Å²) in [6.45, 7) is 2.64. The predicted octanol–water partition coefficient (Wildman–Crippen LogP) is 2.97. The summed E-state index contributed by atoms with van der Waals surface area (Å²) >= 11 is 6.24. The van der Waals surface area contributed by atoms with E-state index in [1.165, 1.54) is 6.08 Å². The van der Waals surface area contributed by atoms with Crippen LogP contribution in [0.4, 0.5) is 5.69 Å². The number of carbonyl (C=O) groups is 1. The van der Waals surface area contributed by atoms with Crippen molar-refractivity contribution in [1.82, 2.24) is 9.62 Å². The molecule has 8 heteroatoms. The molecule has 1 aliphatic rings. The topological polar surface area (TPSA) is 69.7 Å². The molecule has 0 saturated carbocycles. The first-order valence-corrected chi connectivity index (χ1v) is 11.4. The largest absolute Gasteiger partial charge is 0.367 e. The van der Waals surface area contributed by atoms with Crippen molar-refractivity contribution in [2.75, 3.05) is 37.6 Å². The molecular weight excluding hydrogens is 410 g/mol. The Labute approximate surface area is 176 Å². The zero-order valence-electron chi connectivity index (χ0n) is 16.0. The van der Waals surface area contributed by atoms with Gasteiger partial charge in [0.05, 0.1) is 10.7 Å². The van der Waals surface area contributed by atoms with E-state index in [4.69, 9.17) is 11.6 Å². The Morgan fingerprint density at radius 2 is 1.66 bits per heavy atom. The van der Waals surface area contributed by atoms with Crippen molar-refractivity contribution in [2.45, 2.75) is 6.42 Å². The highest BCUT2D eigenvalue weighted by atomic mass is 35.5. The van der Waals surface area contributed by atoms with Crippen molar-refractivity contribution in [2.24, 2.45) is 0 Å². The first-order valence-electron chi connectivity index (χ1n) is 9.45. The summed E-state index contributed by atoms with van der Waals surface area (Å²) in [5.41, 5.74) is 1.77. The summed E-state index contributed by atoms with van der Waals surface area (Å²) in [4.78, 5) is 16.3. The van der Waals surface area contributed by atoms with E-state index in [1.54, 1.807) is 4.90 Å². The van der Waals surface area contributed by atoms with Crippen molar-refractivity contribution in [3.8, 4) is 0 Å². The molecule has 3 rings (SSSR count). The minimum absolute atomic E-state index is 0.0569. The van der Waals surface area contributed by atoms with E-state index in [2.05, 4.69) is 9.62 Å². The molecule has 0 unspecified atom stereocenters. The van der Waals surface area contributed by atoms with E-state index < -0.39 is 10.0 Å². The van der Waals surface area contributed by atoms with Gasteiger partial charge in [-0.05, 0) is 23.8 Å². The van der Waals surface area contributed by atoms with E-state index in [0.717, 1.165) is 16.7 Å². The lowest BCUT2D eigenvalue weighted by Gasteiger charge is -2.36. The van der Waals surface area contributed by atoms with E-state index in [9.17, 15) is 13.2 Å². The molecule has 0 bridgehead atoms. The van der Waals surface area contributed by atoms with Gasteiger partial charge >= 0.3 is 0 Å². The molecule has 1 aliphatic heterocycles. The fourth-order valence-corrected chi connectivity index (χ4v) is 4.22. The number of halogens is 1. The van der Waals surface area contributed by atoms with Gasteiger partial charge in [0, 0.05) is 44.6 Å². The molecule has 0 radical (unpaired) electrons. The average Bonchev–Trinajstić information content (AvgIpc) is 2.73. The number of nitrogens with one attached hydrogen (secondary N) is 1. The van der Waals surface area contributed by atoms with E-state index in [1.807, 2.05) is 54.6 Å². The van der Waals surface area contributed by atoms with E-state index in [-0.39, 0.29) is 18.9 Å². The maximum Gasteiger partial charge on any atom is 0.233 e. The highest BCUT2D eigenvalue weighted by Gasteiger charge is 2.22. The Bertz CT molecular complexity index is 956. The summed E-state index contributed by atoms with van der Waals surface area (Å²) in [5, 5.41) is 1.82. The molecule has 2 aromatic carbocycles. The molecule has 0 aromatic heterocycles. The van der Waals surface area contributed by atoms with Crippen LogP contribution in [0.3, 0.4) is 0 Å². The number of piperazine rings is 1. The van der Waals surface area contributed by atoms with Gasteiger partial charge in [-0.15, -0.1) is 0 Å². The van der Waals surface area contributed by atoms with Gasteiger partial charge in [0.25, 0.3) is 0 Å². The molecule has 1 fully saturated rings. The number of rotatable bonds is 7. The fraction of sp³-hybridized carbons (Fsp3) is 0.286. The molecule has 6 nitrogen and oxygen atoms in total. The molecule has 1 heterocycles. The summed E-state index contributed by atoms with van der Waals surface area (Å²) in [6, 6.07) is 16.8. The van der Waals surface area contributed by atoms with Crippen LogP contribution in [0.5, 0.6) is 0 Å². The second kappa shape index (κ2) is 9.91. The molecule has 1 amide bonds. The Kier molecular flexibility index (Phi) is 7.30. The van der Waals surface area contributed by atoms with Crippen LogP contribution in [-0.4, -0.2) is 51.9 Å². The van der Waals surface area contributed by atoms with Crippen LogP contribution in [0.2, 0.25) is 5.02 Å². The number of sulfonamides is 1. The van der Waals surface area contributed by atoms with Crippen molar-refractivity contribution in [3.05, 3.63) is 70.6 Å². The Morgan fingerprint density at radius 3 is 2.34 bits per heavy atom. The van der Waals surface area contributed by atoms with Crippen molar-refractivity contribution >= 4 is 39.3 Å². The van der Waals surface area contributed by atoms with Gasteiger partial charge in [-0.25, -0.2) is 13.1 Å². The van der Waals surface area contributed by atoms with Gasteiger partial charge in [-0.2, -0.15) is 0 Å². The number of amides is 1. The maximum absolute atomic E-state index is 12.4. The SMILES string of the molecule is O=C(CCNS(=O)(=O)/C=C/c1ccccc1)N1CCN(c2ccccc2Cl)CC1. The average molecular weight is 434 g/mol. The Hall–Kier alpha value is -2.35. The van der Waals surface area contributed by atoms with Crippen molar-refractivity contribution in [1.29, 1.82) is 0 Å². The number of anilines is 1. The summed E-state index contributed by atoms with van der Waals surface area (Å²) in [7, 11) is -3.58. The number of nitrogens with zero attached hydrogens (tertiary/aromatic N) is 2. The normalized spacial score (nSPS) is 15.1. The zero-order chi connectivity index (χ0) is 20.7. The lowest BCUT2D eigenvalue weighted by Crippen LogP contribution is -2.49. The number of carbonyl (C=O) groups excluding carboxylic acids is 1. The van der Waals surface area contributed by atoms with Crippen molar-refractivity contribution in [3.63, 3.8) is 0 Å². The van der Waals surface area contributed by atoms with Crippen LogP contribution in [-0.2, 0) is 14.8 Å². The smallest absolute Gasteiger partial charge is 0.233 e. The molecular formula is C21H24ClN3O3S. The fourth-order valence-electron chi connectivity index (χ4n) is 3.14. The molecule has 154 valence electrons. The first kappa shape index (κ1) is 21.4. The van der Waals surface area contributed by atoms with E-state index >= 15 is 0 Å². The third kappa shape index (κ3) is 6.32. The second-order valence-electron chi connectivity index (χ2n) is 6.72. The monoisotopic (exact) mass is 433 g/mol. The molecule has 1 N–H and O–H groups in total. The van der Waals surface area contributed by atoms with Gasteiger partial charge in [-0.1, -0.05) is 54.1 Å². The van der Waals surface area contributed by atoms with Gasteiger partial charge < -0.3 is 9.80 Å². The van der Waals surface area contributed by atoms with Crippen LogP contribution in [0, 0.1) is 0 Å². The first-order chi connectivity index (χ1) is 13.9. The molecule has 0 aliphatic carbocycles. The molecule has 0 atom stereocenters. The lowest BCUT2D eigenvalue weighted by molar-refractivity contribution is -0.131. The predicted molar refractivity (Wildman–Crippen MR) is 117 cm³/mol. The minimum atomic E-state index is -3.58. The third-order valence-electron chi connectivity index (χ3n) is 4.71. The number of hydrogen-bond donors (Lipinski definition) is 1. The summed E-state index contributed by atoms with van der Waals surface area (Å²) < 4.78 is 26.6. The highest BCUT2D eigenvalue weighted by molar-refractivity contribution is 7.92. The molecule has 1 saturated heterocycles. The maximum atomic E-state index is 12.4. The summed E-state index contributed by atoms with van der Waals surface area (Å²) in [5.74, 6) is -0.0569. The van der Waals surface area contributed by atoms with Gasteiger partial charge in [0.2, 0.25) is 15.9 Å². The standard InChI is InChI=1S/C21H24ClN3O3S/c22-19-8-4-5-9-20(19)24-13-15-25(16-14-24)21(26)10-12-23-29(27,28)17-11-18-6-2-1-3-7-18/h1-9,11,17,23H,10,12-16H2/b17-11+. The summed E-state index contributed by atoms with van der Waals surface area (Å²) in [6.07, 6.45) is 1.66. The van der Waals surface area contributed by atoms with E-state index in [0.29, 0.717) is 31.2 Å². The van der Waals surface area contributed by atoms with Gasteiger partial charge in [0.1, 0.15) is 0 Å². The Balaban J connectivity index is 1.43. The van der Waals surface area contributed by atoms with Crippen LogP contribution >= 0.6 is 11.6 Å². The van der Waals surface area contributed by atoms with Crippen LogP contribution in [0.25, 0.3) is 6.08 Å². The minimum Gasteiger partial charge on any atom is -0.367 e. The Morgan fingerprint density at radius 1 is 1.00 bits per heavy atom. The third-order valence-corrected chi connectivity index (χ3v) is 6.13. The number of hydrogen-bond acceptors (Lipinski definition) is 4. The molecule has 2 aromatic rings. The lowest BCUT2D eigenvalue weighted by atomic mass is 10.2. The van der Waals surface area contributed by atoms with Crippen molar-refractivity contribution < 1.29 is 13.2 Å². The van der Waals surface area contributed by atoms with Gasteiger partial charge in [-0.3, -0.25) is 4.79 Å². The highest BCUT2D eigenvalue weighted by Crippen LogP contribution is 2.26. The van der Waals surface area contributed by atoms with Crippen LogP contribution in [0.15, 0.2) is 60.0 Å². The second-order valence-corrected chi connectivity index (χ2v) is 8.78. The molecule has 0 spiro atoms. The zero-order valence-corrected chi connectivity index (χ0v) is 17.6. The quantitative estimate of drug-likeness (QED) is 0.728. The van der Waals surface area contributed by atoms with Crippen LogP contribution < -0.4 is 9.62 Å². The number of benzene rings is 2. The molecule has 29 heavy (non-hydrogen) atoms. The van der Waals surface area contributed by atoms with Gasteiger partial charge in [0.15, 0.2) is 0 Å². The van der Waals surface area contributed by atoms with Crippen LogP contribution in [0.1, 0.15) is 12.0 Å². The number of para-hydroxylation sites is 1.